The summed E-state index contributed by atoms with van der Waals surface area (Å²) in [6.45, 7) is -0.325. The number of rotatable bonds is 3. The average molecular weight is 288 g/mol. The van der Waals surface area contributed by atoms with Gasteiger partial charge in [0.2, 0.25) is 0 Å². The molecule has 3 rings (SSSR count). The zero-order chi connectivity index (χ0) is 15.5. The SMILES string of the molecule is C#Cc1c(-c2cccc3ccccc23)ccc(CO)c1CO. The smallest absolute Gasteiger partial charge is 0.0697 e. The summed E-state index contributed by atoms with van der Waals surface area (Å²) < 4.78 is 0. The van der Waals surface area contributed by atoms with Crippen LogP contribution in [-0.2, 0) is 13.2 Å². The van der Waals surface area contributed by atoms with Crippen LogP contribution in [-0.4, -0.2) is 10.2 Å². The van der Waals surface area contributed by atoms with E-state index in [1.165, 1.54) is 0 Å². The molecule has 0 unspecified atom stereocenters. The number of fused-ring (bicyclic) bond motifs is 1. The van der Waals surface area contributed by atoms with E-state index in [2.05, 4.69) is 24.1 Å². The minimum Gasteiger partial charge on any atom is -0.392 e. The largest absolute Gasteiger partial charge is 0.392 e. The van der Waals surface area contributed by atoms with Crippen molar-refractivity contribution in [1.29, 1.82) is 0 Å². The molecule has 3 aromatic rings. The van der Waals surface area contributed by atoms with Crippen molar-refractivity contribution in [1.82, 2.24) is 0 Å². The monoisotopic (exact) mass is 288 g/mol. The van der Waals surface area contributed by atoms with Crippen molar-refractivity contribution >= 4 is 10.8 Å². The summed E-state index contributed by atoms with van der Waals surface area (Å²) in [4.78, 5) is 0. The number of aliphatic hydroxyl groups excluding tert-OH is 2. The molecule has 0 aliphatic heterocycles. The first-order valence-corrected chi connectivity index (χ1v) is 7.11. The fraction of sp³-hybridized carbons (Fsp3) is 0.100. The van der Waals surface area contributed by atoms with Gasteiger partial charge in [0.1, 0.15) is 0 Å². The predicted octanol–water partition coefficient (Wildman–Crippen LogP) is 3.47. The molecule has 0 saturated carbocycles. The molecule has 0 aliphatic rings. The molecule has 0 saturated heterocycles. The second-order valence-corrected chi connectivity index (χ2v) is 5.11. The van der Waals surface area contributed by atoms with E-state index in [0.29, 0.717) is 16.7 Å². The van der Waals surface area contributed by atoms with Gasteiger partial charge in [-0.2, -0.15) is 0 Å². The number of hydrogen-bond donors (Lipinski definition) is 2. The Morgan fingerprint density at radius 2 is 1.59 bits per heavy atom. The van der Waals surface area contributed by atoms with E-state index in [1.54, 1.807) is 0 Å². The Kier molecular flexibility index (Phi) is 3.93. The van der Waals surface area contributed by atoms with E-state index in [4.69, 9.17) is 6.42 Å². The fourth-order valence-corrected chi connectivity index (χ4v) is 2.87. The standard InChI is InChI=1S/C20H16O2/c1-2-16-19(11-10-15(12-21)20(16)13-22)18-9-5-7-14-6-3-4-8-17(14)18/h1,3-11,21-22H,12-13H2. The minimum atomic E-state index is -0.186. The Hall–Kier alpha value is -2.60. The van der Waals surface area contributed by atoms with Gasteiger partial charge in [0.05, 0.1) is 13.2 Å². The molecule has 0 bridgehead atoms. The van der Waals surface area contributed by atoms with Gasteiger partial charge in [-0.25, -0.2) is 0 Å². The first-order valence-electron chi connectivity index (χ1n) is 7.11. The molecule has 0 spiro atoms. The van der Waals surface area contributed by atoms with Gasteiger partial charge in [-0.1, -0.05) is 60.5 Å². The predicted molar refractivity (Wildman–Crippen MR) is 89.2 cm³/mol. The summed E-state index contributed by atoms with van der Waals surface area (Å²) in [6.07, 6.45) is 5.69. The molecule has 0 atom stereocenters. The quantitative estimate of drug-likeness (QED) is 0.724. The van der Waals surface area contributed by atoms with Gasteiger partial charge in [-0.15, -0.1) is 6.42 Å². The second-order valence-electron chi connectivity index (χ2n) is 5.11. The van der Waals surface area contributed by atoms with E-state index < -0.39 is 0 Å². The third kappa shape index (κ3) is 2.27. The summed E-state index contributed by atoms with van der Waals surface area (Å²) >= 11 is 0. The van der Waals surface area contributed by atoms with Crippen molar-refractivity contribution in [2.45, 2.75) is 13.2 Å². The average Bonchev–Trinajstić information content (AvgIpc) is 2.59. The lowest BCUT2D eigenvalue weighted by Crippen LogP contribution is -2.00. The van der Waals surface area contributed by atoms with Crippen molar-refractivity contribution < 1.29 is 10.2 Å². The van der Waals surface area contributed by atoms with Crippen LogP contribution in [0.25, 0.3) is 21.9 Å². The molecule has 0 heterocycles. The van der Waals surface area contributed by atoms with Crippen molar-refractivity contribution in [3.05, 3.63) is 71.3 Å². The Balaban J connectivity index is 2.34. The summed E-state index contributed by atoms with van der Waals surface area (Å²) in [7, 11) is 0. The molecule has 2 heteroatoms. The van der Waals surface area contributed by atoms with Crippen LogP contribution in [0.1, 0.15) is 16.7 Å². The Morgan fingerprint density at radius 1 is 0.818 bits per heavy atom. The third-order valence-electron chi connectivity index (χ3n) is 3.96. The zero-order valence-corrected chi connectivity index (χ0v) is 12.1. The summed E-state index contributed by atoms with van der Waals surface area (Å²) in [5, 5.41) is 21.3. The normalized spacial score (nSPS) is 10.6. The maximum atomic E-state index is 9.64. The lowest BCUT2D eigenvalue weighted by atomic mass is 9.90. The van der Waals surface area contributed by atoms with Crippen LogP contribution in [0.4, 0.5) is 0 Å². The van der Waals surface area contributed by atoms with Crippen LogP contribution in [0.2, 0.25) is 0 Å². The Bertz CT molecular complexity index is 867. The number of benzene rings is 3. The van der Waals surface area contributed by atoms with Crippen LogP contribution in [0.15, 0.2) is 54.6 Å². The Morgan fingerprint density at radius 3 is 2.32 bits per heavy atom. The van der Waals surface area contributed by atoms with Gasteiger partial charge >= 0.3 is 0 Å². The molecule has 3 aromatic carbocycles. The van der Waals surface area contributed by atoms with Crippen LogP contribution in [0.5, 0.6) is 0 Å². The lowest BCUT2D eigenvalue weighted by molar-refractivity contribution is 0.260. The van der Waals surface area contributed by atoms with Crippen molar-refractivity contribution in [3.8, 4) is 23.5 Å². The van der Waals surface area contributed by atoms with E-state index in [-0.39, 0.29) is 13.2 Å². The second kappa shape index (κ2) is 6.03. The van der Waals surface area contributed by atoms with Crippen molar-refractivity contribution in [3.63, 3.8) is 0 Å². The van der Waals surface area contributed by atoms with Gasteiger partial charge in [0.25, 0.3) is 0 Å². The zero-order valence-electron chi connectivity index (χ0n) is 12.1. The minimum absolute atomic E-state index is 0.139. The van der Waals surface area contributed by atoms with Crippen LogP contribution >= 0.6 is 0 Å². The summed E-state index contributed by atoms with van der Waals surface area (Å²) in [5.74, 6) is 2.68. The molecule has 0 aliphatic carbocycles. The molecule has 0 aromatic heterocycles. The van der Waals surface area contributed by atoms with Crippen LogP contribution < -0.4 is 0 Å². The van der Waals surface area contributed by atoms with Gasteiger partial charge in [0.15, 0.2) is 0 Å². The molecule has 108 valence electrons. The highest BCUT2D eigenvalue weighted by molar-refractivity contribution is 5.98. The van der Waals surface area contributed by atoms with Crippen molar-refractivity contribution in [2.24, 2.45) is 0 Å². The summed E-state index contributed by atoms with van der Waals surface area (Å²) in [6, 6.07) is 17.9. The highest BCUT2D eigenvalue weighted by Crippen LogP contribution is 2.33. The molecule has 2 N–H and O–H groups in total. The van der Waals surface area contributed by atoms with E-state index in [1.807, 2.05) is 36.4 Å². The molecule has 0 amide bonds. The molecular formula is C20H16O2. The molecular weight excluding hydrogens is 272 g/mol. The highest BCUT2D eigenvalue weighted by atomic mass is 16.3. The Labute approximate surface area is 129 Å². The van der Waals surface area contributed by atoms with E-state index in [9.17, 15) is 10.2 Å². The van der Waals surface area contributed by atoms with E-state index in [0.717, 1.165) is 21.9 Å². The molecule has 2 nitrogen and oxygen atoms in total. The van der Waals surface area contributed by atoms with Crippen LogP contribution in [0.3, 0.4) is 0 Å². The fourth-order valence-electron chi connectivity index (χ4n) is 2.87. The number of terminal acetylenes is 1. The van der Waals surface area contributed by atoms with Crippen LogP contribution in [0, 0.1) is 12.3 Å². The van der Waals surface area contributed by atoms with Gasteiger partial charge in [0, 0.05) is 5.56 Å². The third-order valence-corrected chi connectivity index (χ3v) is 3.96. The molecule has 0 radical (unpaired) electrons. The van der Waals surface area contributed by atoms with Gasteiger partial charge in [-0.3, -0.25) is 0 Å². The number of hydrogen-bond acceptors (Lipinski definition) is 2. The van der Waals surface area contributed by atoms with Gasteiger partial charge in [-0.05, 0) is 33.0 Å². The summed E-state index contributed by atoms with van der Waals surface area (Å²) in [5.41, 5.74) is 3.87. The first-order chi connectivity index (χ1) is 10.8. The lowest BCUT2D eigenvalue weighted by Gasteiger charge is -2.14. The highest BCUT2D eigenvalue weighted by Gasteiger charge is 2.13. The van der Waals surface area contributed by atoms with Gasteiger partial charge < -0.3 is 10.2 Å². The number of aliphatic hydroxyl groups is 2. The maximum absolute atomic E-state index is 9.64. The molecule has 0 fully saturated rings. The van der Waals surface area contributed by atoms with Crippen molar-refractivity contribution in [2.75, 3.05) is 0 Å². The maximum Gasteiger partial charge on any atom is 0.0697 e. The molecule has 22 heavy (non-hydrogen) atoms. The van der Waals surface area contributed by atoms with E-state index >= 15 is 0 Å². The first kappa shape index (κ1) is 14.3. The topological polar surface area (TPSA) is 40.5 Å².